The topological polar surface area (TPSA) is 126 Å². The predicted octanol–water partition coefficient (Wildman–Crippen LogP) is 6.18. The number of benzene rings is 3. The Bertz CT molecular complexity index is 1920. The lowest BCUT2D eigenvalue weighted by atomic mass is 9.94. The highest BCUT2D eigenvalue weighted by Crippen LogP contribution is 2.42. The monoisotopic (exact) mass is 618 g/mol. The zero-order valence-electron chi connectivity index (χ0n) is 25.6. The van der Waals surface area contributed by atoms with Gasteiger partial charge in [-0.25, -0.2) is 9.78 Å². The summed E-state index contributed by atoms with van der Waals surface area (Å²) in [4.78, 5) is 33.6. The van der Waals surface area contributed by atoms with Crippen molar-refractivity contribution in [3.63, 3.8) is 0 Å². The van der Waals surface area contributed by atoms with E-state index in [2.05, 4.69) is 10.6 Å². The van der Waals surface area contributed by atoms with Gasteiger partial charge in [0.05, 0.1) is 11.7 Å². The molecular weight excluding hydrogens is 584 g/mol. The number of nitrogens with zero attached hydrogens (tertiary/aromatic N) is 2. The molecule has 0 aliphatic carbocycles. The number of carbonyl (C=O) groups excluding carboxylic acids is 2. The maximum Gasteiger partial charge on any atom is 0.318 e. The van der Waals surface area contributed by atoms with Gasteiger partial charge in [-0.05, 0) is 67.8 Å². The molecule has 46 heavy (non-hydrogen) atoms. The SMILES string of the molecule is CC(C)NC(=O)N1Cc2cc(C(=O)NCc3ccc4c(c3)OCO4)nc(-c3cccc(-c4cc5ccccc5o4)c3)c2C1CCO. The van der Waals surface area contributed by atoms with E-state index >= 15 is 0 Å². The minimum atomic E-state index is -0.429. The van der Waals surface area contributed by atoms with Crippen LogP contribution in [0.2, 0.25) is 0 Å². The normalized spacial score (nSPS) is 15.0. The molecule has 234 valence electrons. The van der Waals surface area contributed by atoms with E-state index in [0.717, 1.165) is 38.8 Å². The summed E-state index contributed by atoms with van der Waals surface area (Å²) in [6.07, 6.45) is 0.326. The number of carbonyl (C=O) groups is 2. The fourth-order valence-corrected chi connectivity index (χ4v) is 6.13. The van der Waals surface area contributed by atoms with Gasteiger partial charge in [0, 0.05) is 47.8 Å². The molecule has 0 fully saturated rings. The summed E-state index contributed by atoms with van der Waals surface area (Å²) in [6.45, 7) is 4.41. The third-order valence-electron chi connectivity index (χ3n) is 8.24. The molecule has 2 aliphatic heterocycles. The van der Waals surface area contributed by atoms with Crippen molar-refractivity contribution in [2.75, 3.05) is 13.4 Å². The second-order valence-electron chi connectivity index (χ2n) is 11.8. The molecule has 10 nitrogen and oxygen atoms in total. The van der Waals surface area contributed by atoms with E-state index in [4.69, 9.17) is 18.9 Å². The number of nitrogens with one attached hydrogen (secondary N) is 2. The summed E-state index contributed by atoms with van der Waals surface area (Å²) in [5.74, 6) is 1.68. The van der Waals surface area contributed by atoms with Crippen LogP contribution in [0.1, 0.15) is 53.5 Å². The average Bonchev–Trinajstić information content (AvgIpc) is 3.80. The van der Waals surface area contributed by atoms with Gasteiger partial charge < -0.3 is 34.5 Å². The van der Waals surface area contributed by atoms with Gasteiger partial charge >= 0.3 is 6.03 Å². The van der Waals surface area contributed by atoms with Crippen LogP contribution in [-0.4, -0.2) is 46.4 Å². The van der Waals surface area contributed by atoms with Gasteiger partial charge in [0.25, 0.3) is 5.91 Å². The number of pyridine rings is 1. The first-order valence-corrected chi connectivity index (χ1v) is 15.4. The molecule has 2 aliphatic rings. The number of amides is 3. The quantitative estimate of drug-likeness (QED) is 0.190. The highest BCUT2D eigenvalue weighted by molar-refractivity contribution is 5.94. The van der Waals surface area contributed by atoms with Gasteiger partial charge in [-0.1, -0.05) is 42.5 Å². The Morgan fingerprint density at radius 2 is 1.80 bits per heavy atom. The molecule has 1 unspecified atom stereocenters. The zero-order chi connectivity index (χ0) is 31.8. The molecular formula is C36H34N4O6. The van der Waals surface area contributed by atoms with Crippen molar-refractivity contribution in [1.29, 1.82) is 0 Å². The maximum absolute atomic E-state index is 13.6. The molecule has 0 saturated heterocycles. The Hall–Kier alpha value is -5.35. The van der Waals surface area contributed by atoms with Crippen LogP contribution in [0, 0.1) is 0 Å². The second-order valence-corrected chi connectivity index (χ2v) is 11.8. The lowest BCUT2D eigenvalue weighted by Gasteiger charge is -2.26. The van der Waals surface area contributed by atoms with Crippen molar-refractivity contribution < 1.29 is 28.6 Å². The Morgan fingerprint density at radius 1 is 0.978 bits per heavy atom. The average molecular weight is 619 g/mol. The van der Waals surface area contributed by atoms with E-state index in [0.29, 0.717) is 29.4 Å². The number of para-hydroxylation sites is 1. The van der Waals surface area contributed by atoms with Crippen molar-refractivity contribution in [2.45, 2.75) is 45.4 Å². The number of aliphatic hydroxyl groups is 1. The van der Waals surface area contributed by atoms with Gasteiger partial charge in [0.2, 0.25) is 6.79 Å². The van der Waals surface area contributed by atoms with Crippen LogP contribution < -0.4 is 20.1 Å². The van der Waals surface area contributed by atoms with Gasteiger partial charge in [-0.3, -0.25) is 4.79 Å². The summed E-state index contributed by atoms with van der Waals surface area (Å²) in [5.41, 5.74) is 5.72. The lowest BCUT2D eigenvalue weighted by molar-refractivity contribution is 0.0945. The second kappa shape index (κ2) is 12.2. The molecule has 5 aromatic rings. The molecule has 7 rings (SSSR count). The van der Waals surface area contributed by atoms with E-state index in [1.54, 1.807) is 11.0 Å². The molecule has 0 radical (unpaired) electrons. The number of aliphatic hydroxyl groups excluding tert-OH is 1. The minimum Gasteiger partial charge on any atom is -0.456 e. The first-order chi connectivity index (χ1) is 22.4. The molecule has 1 atom stereocenters. The molecule has 3 aromatic carbocycles. The molecule has 2 aromatic heterocycles. The third-order valence-corrected chi connectivity index (χ3v) is 8.24. The highest BCUT2D eigenvalue weighted by Gasteiger charge is 2.37. The van der Waals surface area contributed by atoms with Crippen molar-refractivity contribution >= 4 is 22.9 Å². The largest absolute Gasteiger partial charge is 0.456 e. The summed E-state index contributed by atoms with van der Waals surface area (Å²) in [5, 5.41) is 17.0. The summed E-state index contributed by atoms with van der Waals surface area (Å²) in [6, 6.07) is 24.2. The van der Waals surface area contributed by atoms with Gasteiger partial charge in [0.15, 0.2) is 11.5 Å². The molecule has 3 N–H and O–H groups in total. The van der Waals surface area contributed by atoms with Gasteiger partial charge in [0.1, 0.15) is 17.0 Å². The number of urea groups is 1. The molecule has 10 heteroatoms. The third kappa shape index (κ3) is 5.63. The highest BCUT2D eigenvalue weighted by atomic mass is 16.7. The number of hydrogen-bond donors (Lipinski definition) is 3. The van der Waals surface area contributed by atoms with Crippen LogP contribution in [0.15, 0.2) is 83.3 Å². The molecule has 0 spiro atoms. The maximum atomic E-state index is 13.6. The van der Waals surface area contributed by atoms with E-state index in [9.17, 15) is 14.7 Å². The lowest BCUT2D eigenvalue weighted by Crippen LogP contribution is -2.42. The van der Waals surface area contributed by atoms with E-state index in [1.165, 1.54) is 0 Å². The van der Waals surface area contributed by atoms with Gasteiger partial charge in [-0.2, -0.15) is 0 Å². The molecule has 4 heterocycles. The molecule has 0 saturated carbocycles. The summed E-state index contributed by atoms with van der Waals surface area (Å²) < 4.78 is 17.0. The molecule has 0 bridgehead atoms. The smallest absolute Gasteiger partial charge is 0.318 e. The first-order valence-electron chi connectivity index (χ1n) is 15.4. The number of furan rings is 1. The van der Waals surface area contributed by atoms with Crippen LogP contribution in [0.5, 0.6) is 11.5 Å². The Labute approximate surface area is 266 Å². The fraction of sp³-hybridized carbons (Fsp3) is 0.250. The number of aromatic nitrogens is 1. The number of ether oxygens (including phenoxy) is 2. The first kappa shape index (κ1) is 29.4. The van der Waals surface area contributed by atoms with E-state index in [1.807, 2.05) is 86.6 Å². The Balaban J connectivity index is 1.27. The van der Waals surface area contributed by atoms with Crippen molar-refractivity contribution in [3.05, 3.63) is 101 Å². The van der Waals surface area contributed by atoms with Crippen LogP contribution in [0.25, 0.3) is 33.6 Å². The van der Waals surface area contributed by atoms with Gasteiger partial charge in [-0.15, -0.1) is 0 Å². The molecule has 3 amide bonds. The number of fused-ring (bicyclic) bond motifs is 3. The zero-order valence-corrected chi connectivity index (χ0v) is 25.6. The Kier molecular flexibility index (Phi) is 7.79. The predicted molar refractivity (Wildman–Crippen MR) is 172 cm³/mol. The van der Waals surface area contributed by atoms with Crippen LogP contribution in [0.4, 0.5) is 4.79 Å². The van der Waals surface area contributed by atoms with E-state index < -0.39 is 6.04 Å². The van der Waals surface area contributed by atoms with Crippen LogP contribution in [0.3, 0.4) is 0 Å². The van der Waals surface area contributed by atoms with Crippen molar-refractivity contribution in [3.8, 4) is 34.1 Å². The summed E-state index contributed by atoms with van der Waals surface area (Å²) >= 11 is 0. The minimum absolute atomic E-state index is 0.0680. The van der Waals surface area contributed by atoms with Crippen LogP contribution >= 0.6 is 0 Å². The van der Waals surface area contributed by atoms with Crippen molar-refractivity contribution in [2.24, 2.45) is 0 Å². The van der Waals surface area contributed by atoms with Crippen LogP contribution in [-0.2, 0) is 13.1 Å². The van der Waals surface area contributed by atoms with Crippen molar-refractivity contribution in [1.82, 2.24) is 20.5 Å². The number of rotatable bonds is 8. The summed E-state index contributed by atoms with van der Waals surface area (Å²) in [7, 11) is 0. The number of hydrogen-bond acceptors (Lipinski definition) is 7. The Morgan fingerprint density at radius 3 is 2.63 bits per heavy atom. The van der Waals surface area contributed by atoms with E-state index in [-0.39, 0.29) is 50.2 Å². The fourth-order valence-electron chi connectivity index (χ4n) is 6.13. The standard InChI is InChI=1S/C36H34N4O6/c1-21(2)38-36(43)40-19-26-16-27(35(42)37-18-22-10-11-30-32(14-22)45-20-44-30)39-34(33(26)28(40)12-13-41)25-8-5-7-23(15-25)31-17-24-6-3-4-9-29(24)46-31/h3-11,14-17,21,28,41H,12-13,18-20H2,1-2H3,(H,37,42)(H,38,43).